The number of hydrogen-bond donors (Lipinski definition) is 2. The van der Waals surface area contributed by atoms with E-state index in [2.05, 4.69) is 27.5 Å². The van der Waals surface area contributed by atoms with E-state index in [0.717, 1.165) is 31.6 Å². The molecule has 1 unspecified atom stereocenters. The summed E-state index contributed by atoms with van der Waals surface area (Å²) in [5, 5.41) is 6.36. The third kappa shape index (κ3) is 3.33. The number of hydrogen-bond acceptors (Lipinski definition) is 5. The van der Waals surface area contributed by atoms with Crippen LogP contribution >= 0.6 is 0 Å². The van der Waals surface area contributed by atoms with Gasteiger partial charge in [0, 0.05) is 31.9 Å². The average molecular weight is 263 g/mol. The van der Waals surface area contributed by atoms with E-state index in [4.69, 9.17) is 0 Å². The van der Waals surface area contributed by atoms with Crippen molar-refractivity contribution in [1.82, 2.24) is 14.9 Å². The van der Waals surface area contributed by atoms with Crippen LogP contribution in [0.15, 0.2) is 6.07 Å². The lowest BCUT2D eigenvalue weighted by molar-refractivity contribution is -0.127. The Morgan fingerprint density at radius 3 is 2.89 bits per heavy atom. The van der Waals surface area contributed by atoms with Crippen molar-refractivity contribution in [3.05, 3.63) is 11.8 Å². The van der Waals surface area contributed by atoms with E-state index in [9.17, 15) is 4.79 Å². The van der Waals surface area contributed by atoms with Crippen molar-refractivity contribution >= 4 is 17.7 Å². The van der Waals surface area contributed by atoms with Gasteiger partial charge in [-0.1, -0.05) is 6.92 Å². The molecule has 104 valence electrons. The maximum atomic E-state index is 11.9. The van der Waals surface area contributed by atoms with Crippen LogP contribution in [0.3, 0.4) is 0 Å². The fourth-order valence-electron chi connectivity index (χ4n) is 2.09. The lowest BCUT2D eigenvalue weighted by Gasteiger charge is -2.14. The number of likely N-dealkylation sites (tertiary alicyclic amines) is 1. The minimum atomic E-state index is -0.168. The number of nitrogens with zero attached hydrogens (tertiary/aromatic N) is 3. The number of aromatic nitrogens is 2. The van der Waals surface area contributed by atoms with Gasteiger partial charge in [0.1, 0.15) is 11.9 Å². The number of aryl methyl sites for hydroxylation is 1. The van der Waals surface area contributed by atoms with Crippen LogP contribution in [0.1, 0.15) is 25.5 Å². The van der Waals surface area contributed by atoms with Gasteiger partial charge < -0.3 is 15.5 Å². The second-order valence-electron chi connectivity index (χ2n) is 4.89. The highest BCUT2D eigenvalue weighted by molar-refractivity contribution is 5.86. The first-order valence-corrected chi connectivity index (χ1v) is 6.71. The van der Waals surface area contributed by atoms with Crippen molar-refractivity contribution in [3.8, 4) is 0 Å². The zero-order valence-electron chi connectivity index (χ0n) is 11.7. The Morgan fingerprint density at radius 2 is 2.26 bits per heavy atom. The molecule has 2 rings (SSSR count). The van der Waals surface area contributed by atoms with Gasteiger partial charge in [0.25, 0.3) is 0 Å². The van der Waals surface area contributed by atoms with Crippen molar-refractivity contribution in [1.29, 1.82) is 0 Å². The van der Waals surface area contributed by atoms with Crippen LogP contribution in [-0.2, 0) is 4.79 Å². The summed E-state index contributed by atoms with van der Waals surface area (Å²) in [5.41, 5.74) is 0.884. The molecule has 19 heavy (non-hydrogen) atoms. The number of nitrogens with one attached hydrogen (secondary N) is 2. The van der Waals surface area contributed by atoms with Crippen molar-refractivity contribution < 1.29 is 4.79 Å². The van der Waals surface area contributed by atoms with Gasteiger partial charge in [0.2, 0.25) is 11.9 Å². The highest BCUT2D eigenvalue weighted by atomic mass is 16.2. The molecule has 1 aromatic rings. The van der Waals surface area contributed by atoms with Gasteiger partial charge in [-0.3, -0.25) is 4.79 Å². The minimum absolute atomic E-state index is 0.124. The molecule has 0 spiro atoms. The largest absolute Gasteiger partial charge is 0.358 e. The Kier molecular flexibility index (Phi) is 4.19. The van der Waals surface area contributed by atoms with Crippen LogP contribution in [0.2, 0.25) is 0 Å². The maximum Gasteiger partial charge on any atom is 0.244 e. The molecule has 1 atom stereocenters. The third-order valence-corrected chi connectivity index (χ3v) is 3.14. The van der Waals surface area contributed by atoms with Gasteiger partial charge >= 0.3 is 0 Å². The lowest BCUT2D eigenvalue weighted by Crippen LogP contribution is -2.31. The molecular formula is C13H21N5O. The molecule has 1 fully saturated rings. The Morgan fingerprint density at radius 1 is 1.47 bits per heavy atom. The molecule has 0 bridgehead atoms. The Hall–Kier alpha value is -1.85. The molecule has 2 heterocycles. The zero-order valence-corrected chi connectivity index (χ0v) is 11.7. The van der Waals surface area contributed by atoms with Gasteiger partial charge in [0.05, 0.1) is 0 Å². The predicted octanol–water partition coefficient (Wildman–Crippen LogP) is 1.25. The van der Waals surface area contributed by atoms with Crippen molar-refractivity contribution in [3.63, 3.8) is 0 Å². The lowest BCUT2D eigenvalue weighted by atomic mass is 10.2. The smallest absolute Gasteiger partial charge is 0.244 e. The van der Waals surface area contributed by atoms with Crippen LogP contribution < -0.4 is 10.6 Å². The van der Waals surface area contributed by atoms with Gasteiger partial charge in [0.15, 0.2) is 0 Å². The summed E-state index contributed by atoms with van der Waals surface area (Å²) in [6.45, 7) is 5.65. The van der Waals surface area contributed by atoms with Crippen molar-refractivity contribution in [2.24, 2.45) is 0 Å². The Bertz CT molecular complexity index is 462. The number of likely N-dealkylation sites (N-methyl/N-ethyl adjacent to an activating group) is 1. The fourth-order valence-corrected chi connectivity index (χ4v) is 2.09. The second kappa shape index (κ2) is 5.86. The van der Waals surface area contributed by atoms with E-state index >= 15 is 0 Å². The topological polar surface area (TPSA) is 70.2 Å². The second-order valence-corrected chi connectivity index (χ2v) is 4.89. The number of carbonyl (C=O) groups excluding carboxylic acids is 1. The van der Waals surface area contributed by atoms with Gasteiger partial charge in [-0.25, -0.2) is 4.98 Å². The van der Waals surface area contributed by atoms with E-state index in [1.54, 1.807) is 4.90 Å². The molecule has 1 aromatic heterocycles. The predicted molar refractivity (Wildman–Crippen MR) is 75.2 cm³/mol. The van der Waals surface area contributed by atoms with E-state index in [0.29, 0.717) is 11.8 Å². The standard InChI is InChI=1S/C13H21N5O/c1-4-6-14-13-15-9(2)8-11(17-13)16-10-5-7-18(3)12(10)19/h8,10H,4-7H2,1-3H3,(H2,14,15,16,17). The summed E-state index contributed by atoms with van der Waals surface area (Å²) >= 11 is 0. The highest BCUT2D eigenvalue weighted by Gasteiger charge is 2.29. The van der Waals surface area contributed by atoms with Crippen molar-refractivity contribution in [2.45, 2.75) is 32.7 Å². The molecule has 0 aliphatic carbocycles. The number of anilines is 2. The summed E-state index contributed by atoms with van der Waals surface area (Å²) in [6.07, 6.45) is 1.84. The average Bonchev–Trinajstić information content (AvgIpc) is 2.68. The van der Waals surface area contributed by atoms with Gasteiger partial charge in [-0.2, -0.15) is 4.98 Å². The first-order valence-electron chi connectivity index (χ1n) is 6.71. The number of rotatable bonds is 5. The summed E-state index contributed by atoms with van der Waals surface area (Å²) in [5.74, 6) is 1.45. The molecule has 0 aromatic carbocycles. The van der Waals surface area contributed by atoms with Crippen LogP contribution in [-0.4, -0.2) is 47.0 Å². The number of carbonyl (C=O) groups is 1. The van der Waals surface area contributed by atoms with Crippen LogP contribution in [0.25, 0.3) is 0 Å². The molecule has 0 radical (unpaired) electrons. The molecule has 1 aliphatic heterocycles. The molecule has 1 amide bonds. The summed E-state index contributed by atoms with van der Waals surface area (Å²) in [7, 11) is 1.82. The fraction of sp³-hybridized carbons (Fsp3) is 0.615. The summed E-state index contributed by atoms with van der Waals surface area (Å²) < 4.78 is 0. The molecule has 6 nitrogen and oxygen atoms in total. The quantitative estimate of drug-likeness (QED) is 0.836. The van der Waals surface area contributed by atoms with Crippen LogP contribution in [0.5, 0.6) is 0 Å². The number of amides is 1. The van der Waals surface area contributed by atoms with Crippen LogP contribution in [0.4, 0.5) is 11.8 Å². The van der Waals surface area contributed by atoms with Gasteiger partial charge in [-0.15, -0.1) is 0 Å². The van der Waals surface area contributed by atoms with Crippen molar-refractivity contribution in [2.75, 3.05) is 30.8 Å². The van der Waals surface area contributed by atoms with Gasteiger partial charge in [-0.05, 0) is 19.8 Å². The summed E-state index contributed by atoms with van der Waals surface area (Å²) in [4.78, 5) is 22.3. The van der Waals surface area contributed by atoms with E-state index < -0.39 is 0 Å². The third-order valence-electron chi connectivity index (χ3n) is 3.14. The molecule has 6 heteroatoms. The molecule has 1 aliphatic rings. The van der Waals surface area contributed by atoms with E-state index in [1.807, 2.05) is 20.0 Å². The maximum absolute atomic E-state index is 11.9. The zero-order chi connectivity index (χ0) is 13.8. The highest BCUT2D eigenvalue weighted by Crippen LogP contribution is 2.16. The molecule has 1 saturated heterocycles. The van der Waals surface area contributed by atoms with E-state index in [-0.39, 0.29) is 11.9 Å². The first-order chi connectivity index (χ1) is 9.10. The SMILES string of the molecule is CCCNc1nc(C)cc(NC2CCN(C)C2=O)n1. The monoisotopic (exact) mass is 263 g/mol. The first kappa shape index (κ1) is 13.6. The molecule has 2 N–H and O–H groups in total. The molecule has 0 saturated carbocycles. The Labute approximate surface area is 113 Å². The van der Waals surface area contributed by atoms with E-state index in [1.165, 1.54) is 0 Å². The summed E-state index contributed by atoms with van der Waals surface area (Å²) in [6, 6.07) is 1.70. The minimum Gasteiger partial charge on any atom is -0.358 e. The normalized spacial score (nSPS) is 18.8. The molecular weight excluding hydrogens is 242 g/mol. The Balaban J connectivity index is 2.07. The van der Waals surface area contributed by atoms with Crippen LogP contribution in [0, 0.1) is 6.92 Å².